The van der Waals surface area contributed by atoms with Crippen molar-refractivity contribution in [2.24, 2.45) is 0 Å². The molecule has 0 unspecified atom stereocenters. The summed E-state index contributed by atoms with van der Waals surface area (Å²) in [5, 5.41) is 11.0. The van der Waals surface area contributed by atoms with Crippen LogP contribution in [0.25, 0.3) is 0 Å². The van der Waals surface area contributed by atoms with E-state index in [4.69, 9.17) is 5.11 Å². The molecule has 0 radical (unpaired) electrons. The molecule has 1 heterocycles. The number of urea groups is 1. The summed E-state index contributed by atoms with van der Waals surface area (Å²) >= 11 is 1.26. The maximum Gasteiger partial charge on any atom is 0.327 e. The second-order valence-electron chi connectivity index (χ2n) is 3.85. The van der Waals surface area contributed by atoms with Crippen molar-refractivity contribution < 1.29 is 23.5 Å². The Hall–Kier alpha value is -1.83. The average molecular weight is 288 g/mol. The van der Waals surface area contributed by atoms with Crippen molar-refractivity contribution in [3.05, 3.63) is 29.8 Å². The number of nitrogens with zero attached hydrogens (tertiary/aromatic N) is 1. The zero-order valence-electron chi connectivity index (χ0n) is 9.60. The van der Waals surface area contributed by atoms with E-state index in [2.05, 4.69) is 5.32 Å². The molecule has 0 saturated carbocycles. The van der Waals surface area contributed by atoms with Gasteiger partial charge in [-0.3, -0.25) is 0 Å². The first-order valence-electron chi connectivity index (χ1n) is 5.33. The molecule has 0 spiro atoms. The maximum atomic E-state index is 13.4. The number of hydrogen-bond acceptors (Lipinski definition) is 3. The molecule has 0 aromatic heterocycles. The molecule has 1 fully saturated rings. The Morgan fingerprint density at radius 2 is 2.00 bits per heavy atom. The first kappa shape index (κ1) is 13.6. The first-order valence-corrected chi connectivity index (χ1v) is 6.48. The van der Waals surface area contributed by atoms with Gasteiger partial charge in [-0.05, 0) is 12.1 Å². The Balaban J connectivity index is 2.15. The van der Waals surface area contributed by atoms with Gasteiger partial charge < -0.3 is 15.3 Å². The number of nitrogens with one attached hydrogen (secondary N) is 1. The van der Waals surface area contributed by atoms with E-state index in [1.807, 2.05) is 0 Å². The summed E-state index contributed by atoms with van der Waals surface area (Å²) in [5.41, 5.74) is -0.575. The van der Waals surface area contributed by atoms with Crippen LogP contribution in [-0.4, -0.2) is 39.7 Å². The van der Waals surface area contributed by atoms with Crippen molar-refractivity contribution in [1.82, 2.24) is 4.90 Å². The molecule has 0 bridgehead atoms. The smallest absolute Gasteiger partial charge is 0.327 e. The van der Waals surface area contributed by atoms with Gasteiger partial charge in [-0.25, -0.2) is 18.4 Å². The van der Waals surface area contributed by atoms with E-state index in [1.54, 1.807) is 0 Å². The number of benzene rings is 1. The van der Waals surface area contributed by atoms with E-state index >= 15 is 0 Å². The Bertz CT molecular complexity index is 506. The quantitative estimate of drug-likeness (QED) is 0.872. The predicted molar refractivity (Wildman–Crippen MR) is 66.0 cm³/mol. The molecular formula is C11H10F2N2O3S. The number of carbonyl (C=O) groups excluding carboxylic acids is 1. The van der Waals surface area contributed by atoms with Crippen LogP contribution in [0.5, 0.6) is 0 Å². The van der Waals surface area contributed by atoms with Crippen LogP contribution in [0, 0.1) is 11.6 Å². The summed E-state index contributed by atoms with van der Waals surface area (Å²) in [6, 6.07) is 1.37. The molecule has 2 amide bonds. The van der Waals surface area contributed by atoms with Gasteiger partial charge in [0.05, 0.1) is 5.88 Å². The normalized spacial score (nSPS) is 18.4. The van der Waals surface area contributed by atoms with E-state index in [-0.39, 0.29) is 11.6 Å². The fourth-order valence-corrected chi connectivity index (χ4v) is 2.79. The molecular weight excluding hydrogens is 278 g/mol. The largest absolute Gasteiger partial charge is 0.480 e. The number of hydrogen-bond donors (Lipinski definition) is 2. The van der Waals surface area contributed by atoms with Crippen LogP contribution in [0.4, 0.5) is 19.3 Å². The minimum atomic E-state index is -1.14. The van der Waals surface area contributed by atoms with Gasteiger partial charge in [0.25, 0.3) is 0 Å². The number of anilines is 1. The Morgan fingerprint density at radius 3 is 2.58 bits per heavy atom. The van der Waals surface area contributed by atoms with E-state index in [0.29, 0.717) is 0 Å². The topological polar surface area (TPSA) is 69.6 Å². The summed E-state index contributed by atoms with van der Waals surface area (Å²) in [4.78, 5) is 23.8. The Labute approximate surface area is 111 Å². The van der Waals surface area contributed by atoms with Crippen molar-refractivity contribution >= 4 is 29.4 Å². The summed E-state index contributed by atoms with van der Waals surface area (Å²) < 4.78 is 26.7. The first-order chi connectivity index (χ1) is 9.00. The second-order valence-corrected chi connectivity index (χ2v) is 4.85. The molecule has 1 aromatic rings. The van der Waals surface area contributed by atoms with Crippen molar-refractivity contribution in [2.45, 2.75) is 6.04 Å². The van der Waals surface area contributed by atoms with Crippen molar-refractivity contribution in [2.75, 3.05) is 16.9 Å². The molecule has 5 nitrogen and oxygen atoms in total. The molecule has 1 atom stereocenters. The highest BCUT2D eigenvalue weighted by Gasteiger charge is 2.35. The highest BCUT2D eigenvalue weighted by Crippen LogP contribution is 2.24. The van der Waals surface area contributed by atoms with Gasteiger partial charge in [0.2, 0.25) is 0 Å². The summed E-state index contributed by atoms with van der Waals surface area (Å²) in [6.07, 6.45) is 0. The summed E-state index contributed by atoms with van der Waals surface area (Å²) in [7, 11) is 0. The van der Waals surface area contributed by atoms with Crippen LogP contribution in [0.3, 0.4) is 0 Å². The third kappa shape index (κ3) is 2.78. The van der Waals surface area contributed by atoms with E-state index in [1.165, 1.54) is 17.8 Å². The third-order valence-electron chi connectivity index (χ3n) is 2.62. The highest BCUT2D eigenvalue weighted by molar-refractivity contribution is 7.99. The van der Waals surface area contributed by atoms with Gasteiger partial charge in [0, 0.05) is 5.75 Å². The van der Waals surface area contributed by atoms with E-state index in [9.17, 15) is 18.4 Å². The average Bonchev–Trinajstić information content (AvgIpc) is 2.83. The molecule has 1 aliphatic heterocycles. The van der Waals surface area contributed by atoms with Crippen molar-refractivity contribution in [3.63, 3.8) is 0 Å². The van der Waals surface area contributed by atoms with Gasteiger partial charge in [-0.1, -0.05) is 6.07 Å². The molecule has 2 rings (SSSR count). The fraction of sp³-hybridized carbons (Fsp3) is 0.273. The minimum Gasteiger partial charge on any atom is -0.480 e. The van der Waals surface area contributed by atoms with Gasteiger partial charge in [0.15, 0.2) is 0 Å². The van der Waals surface area contributed by atoms with Gasteiger partial charge in [0.1, 0.15) is 23.4 Å². The lowest BCUT2D eigenvalue weighted by atomic mass is 10.3. The lowest BCUT2D eigenvalue weighted by Crippen LogP contribution is -2.44. The van der Waals surface area contributed by atoms with Crippen LogP contribution in [0.2, 0.25) is 0 Å². The van der Waals surface area contributed by atoms with Crippen LogP contribution in [0.1, 0.15) is 0 Å². The molecule has 0 aliphatic carbocycles. The number of thioether (sulfide) groups is 1. The van der Waals surface area contributed by atoms with Crippen LogP contribution >= 0.6 is 11.8 Å². The second kappa shape index (κ2) is 5.43. The lowest BCUT2D eigenvalue weighted by molar-refractivity contribution is -0.140. The molecule has 102 valence electrons. The predicted octanol–water partition coefficient (Wildman–Crippen LogP) is 1.96. The van der Waals surface area contributed by atoms with Gasteiger partial charge in [-0.15, -0.1) is 11.8 Å². The van der Waals surface area contributed by atoms with E-state index < -0.39 is 35.4 Å². The zero-order chi connectivity index (χ0) is 14.0. The fourth-order valence-electron chi connectivity index (χ4n) is 1.64. The van der Waals surface area contributed by atoms with Crippen LogP contribution in [-0.2, 0) is 4.79 Å². The molecule has 1 aliphatic rings. The van der Waals surface area contributed by atoms with Gasteiger partial charge >= 0.3 is 12.0 Å². The molecule has 8 heteroatoms. The number of halogens is 2. The lowest BCUT2D eigenvalue weighted by Gasteiger charge is -2.21. The number of carboxylic acid groups (broad SMARTS) is 1. The Morgan fingerprint density at radius 1 is 1.37 bits per heavy atom. The number of amides is 2. The molecule has 2 N–H and O–H groups in total. The number of aliphatic carboxylic acids is 1. The zero-order valence-corrected chi connectivity index (χ0v) is 10.4. The van der Waals surface area contributed by atoms with Crippen LogP contribution in [0.15, 0.2) is 18.2 Å². The van der Waals surface area contributed by atoms with E-state index in [0.717, 1.165) is 17.0 Å². The highest BCUT2D eigenvalue weighted by atomic mass is 32.2. The monoisotopic (exact) mass is 288 g/mol. The number of carboxylic acids is 1. The molecule has 1 aromatic carbocycles. The summed E-state index contributed by atoms with van der Waals surface area (Å²) in [6.45, 7) is 0. The van der Waals surface area contributed by atoms with Crippen molar-refractivity contribution in [3.8, 4) is 0 Å². The number of carbonyl (C=O) groups is 2. The number of para-hydroxylation sites is 1. The summed E-state index contributed by atoms with van der Waals surface area (Å²) in [5.74, 6) is -2.55. The minimum absolute atomic E-state index is 0.166. The number of rotatable bonds is 2. The standard InChI is InChI=1S/C11H10F2N2O3S/c12-6-2-1-3-7(13)9(6)14-11(18)15-5-19-4-8(15)10(16)17/h1-3,8H,4-5H2,(H,14,18)(H,16,17)/t8-/m0/s1. The van der Waals surface area contributed by atoms with Crippen LogP contribution < -0.4 is 5.32 Å². The Kier molecular flexibility index (Phi) is 3.89. The van der Waals surface area contributed by atoms with Gasteiger partial charge in [-0.2, -0.15) is 0 Å². The maximum absolute atomic E-state index is 13.4. The molecule has 19 heavy (non-hydrogen) atoms. The third-order valence-corrected chi connectivity index (χ3v) is 3.64. The van der Waals surface area contributed by atoms with Crippen molar-refractivity contribution in [1.29, 1.82) is 0 Å². The molecule has 1 saturated heterocycles. The SMILES string of the molecule is O=C(O)[C@@H]1CSCN1C(=O)Nc1c(F)cccc1F.